The van der Waals surface area contributed by atoms with Crippen molar-refractivity contribution in [2.24, 2.45) is 0 Å². The summed E-state index contributed by atoms with van der Waals surface area (Å²) < 4.78 is 48.3. The minimum absolute atomic E-state index is 0.0462. The first-order chi connectivity index (χ1) is 21.2. The van der Waals surface area contributed by atoms with Gasteiger partial charge in [-0.3, -0.25) is 9.88 Å². The predicted octanol–water partition coefficient (Wildman–Crippen LogP) is 5.21. The van der Waals surface area contributed by atoms with Crippen molar-refractivity contribution in [3.63, 3.8) is 0 Å². The SMILES string of the molecule is CC[C@@H]1CN(C(=O)Nc2ccc(CN3CCNCC3)c(C(F)(F)F)c2)Cc2cc(Oc3ccnc4[nH]c(CO)cc34)cnc21. The average molecular weight is 610 g/mol. The zero-order chi connectivity index (χ0) is 30.8. The first kappa shape index (κ1) is 29.9. The smallest absolute Gasteiger partial charge is 0.416 e. The molecule has 0 bridgehead atoms. The number of alkyl halides is 3. The standard InChI is InChI=1S/C31H34F3N7O3/c1-2-19-16-41(30(43)39-22-4-3-20(26(13-22)31(32,33)34)15-40-9-7-35-8-10-40)17-21-11-24(14-37-28(19)21)44-27-5-6-36-29-25(27)12-23(18-42)38-29/h3-6,11-14,19,35,42H,2,7-10,15-18H2,1H3,(H,36,38)(H,39,43)/t19-/m1/s1. The van der Waals surface area contributed by atoms with Crippen molar-refractivity contribution in [1.29, 1.82) is 0 Å². The van der Waals surface area contributed by atoms with Crippen molar-refractivity contribution < 1.29 is 27.8 Å². The van der Waals surface area contributed by atoms with Crippen LogP contribution in [0.5, 0.6) is 11.5 Å². The lowest BCUT2D eigenvalue weighted by Crippen LogP contribution is -2.43. The highest BCUT2D eigenvalue weighted by atomic mass is 19.4. The van der Waals surface area contributed by atoms with Crippen molar-refractivity contribution >= 4 is 22.8 Å². The van der Waals surface area contributed by atoms with Gasteiger partial charge < -0.3 is 30.4 Å². The van der Waals surface area contributed by atoms with Gasteiger partial charge in [-0.25, -0.2) is 9.78 Å². The number of hydrogen-bond donors (Lipinski definition) is 4. The first-order valence-electron chi connectivity index (χ1n) is 14.6. The van der Waals surface area contributed by atoms with Crippen molar-refractivity contribution in [3.8, 4) is 11.5 Å². The summed E-state index contributed by atoms with van der Waals surface area (Å²) in [6, 6.07) is 8.85. The normalized spacial score (nSPS) is 17.5. The number of benzene rings is 1. The highest BCUT2D eigenvalue weighted by Crippen LogP contribution is 2.36. The van der Waals surface area contributed by atoms with Gasteiger partial charge in [-0.05, 0) is 47.9 Å². The monoisotopic (exact) mass is 609 g/mol. The van der Waals surface area contributed by atoms with Crippen LogP contribution in [0.15, 0.2) is 48.8 Å². The minimum atomic E-state index is -4.55. The molecule has 1 fully saturated rings. The van der Waals surface area contributed by atoms with Crippen molar-refractivity contribution in [1.82, 2.24) is 30.1 Å². The summed E-state index contributed by atoms with van der Waals surface area (Å²) >= 11 is 0. The highest BCUT2D eigenvalue weighted by Gasteiger charge is 2.35. The molecule has 2 aliphatic heterocycles. The number of rotatable bonds is 7. The highest BCUT2D eigenvalue weighted by molar-refractivity contribution is 5.89. The summed E-state index contributed by atoms with van der Waals surface area (Å²) in [5.74, 6) is 0.955. The number of halogens is 3. The first-order valence-corrected chi connectivity index (χ1v) is 14.6. The molecule has 5 heterocycles. The molecule has 2 amide bonds. The lowest BCUT2D eigenvalue weighted by molar-refractivity contribution is -0.138. The topological polar surface area (TPSA) is 119 Å². The third-order valence-corrected chi connectivity index (χ3v) is 8.16. The molecule has 0 radical (unpaired) electrons. The predicted molar refractivity (Wildman–Crippen MR) is 158 cm³/mol. The molecule has 6 rings (SSSR count). The Morgan fingerprint density at radius 1 is 1.16 bits per heavy atom. The Hall–Kier alpha value is -4.20. The van der Waals surface area contributed by atoms with Crippen LogP contribution in [0.2, 0.25) is 0 Å². The van der Waals surface area contributed by atoms with Gasteiger partial charge in [-0.2, -0.15) is 13.2 Å². The fourth-order valence-electron chi connectivity index (χ4n) is 5.88. The summed E-state index contributed by atoms with van der Waals surface area (Å²) in [4.78, 5) is 28.9. The number of pyridine rings is 2. The van der Waals surface area contributed by atoms with Crippen LogP contribution in [0.3, 0.4) is 0 Å². The molecule has 2 aliphatic rings. The number of aromatic amines is 1. The maximum atomic E-state index is 14.0. The van der Waals surface area contributed by atoms with Crippen LogP contribution in [0, 0.1) is 0 Å². The Kier molecular flexibility index (Phi) is 8.43. The van der Waals surface area contributed by atoms with Gasteiger partial charge in [0, 0.05) is 69.3 Å². The van der Waals surface area contributed by atoms with E-state index in [4.69, 9.17) is 4.74 Å². The van der Waals surface area contributed by atoms with Crippen LogP contribution in [0.1, 0.15) is 47.3 Å². The summed E-state index contributed by atoms with van der Waals surface area (Å²) in [5, 5.41) is 16.1. The number of aromatic nitrogens is 3. The van der Waals surface area contributed by atoms with Crippen LogP contribution in [-0.4, -0.2) is 68.6 Å². The van der Waals surface area contributed by atoms with Crippen LogP contribution >= 0.6 is 0 Å². The van der Waals surface area contributed by atoms with Gasteiger partial charge in [-0.1, -0.05) is 13.0 Å². The number of nitrogens with zero attached hydrogens (tertiary/aromatic N) is 4. The second kappa shape index (κ2) is 12.4. The van der Waals surface area contributed by atoms with Gasteiger partial charge in [0.2, 0.25) is 0 Å². The van der Waals surface area contributed by atoms with E-state index in [0.29, 0.717) is 47.9 Å². The Bertz CT molecular complexity index is 1650. The van der Waals surface area contributed by atoms with Gasteiger partial charge in [0.25, 0.3) is 0 Å². The number of carbonyl (C=O) groups is 1. The zero-order valence-electron chi connectivity index (χ0n) is 24.2. The molecule has 10 nitrogen and oxygen atoms in total. The second-order valence-electron chi connectivity index (χ2n) is 11.2. The number of anilines is 1. The number of aliphatic hydroxyl groups excluding tert-OH is 1. The molecule has 1 saturated heterocycles. The molecule has 3 aromatic heterocycles. The molecule has 13 heteroatoms. The maximum Gasteiger partial charge on any atom is 0.416 e. The van der Waals surface area contributed by atoms with Gasteiger partial charge in [0.1, 0.15) is 17.1 Å². The molecule has 1 atom stereocenters. The van der Waals surface area contributed by atoms with Crippen molar-refractivity contribution in [2.75, 3.05) is 38.0 Å². The summed E-state index contributed by atoms with van der Waals surface area (Å²) in [6.07, 6.45) is -0.586. The molecular weight excluding hydrogens is 575 g/mol. The van der Waals surface area contributed by atoms with E-state index in [1.54, 1.807) is 29.4 Å². The average Bonchev–Trinajstić information content (AvgIpc) is 3.46. The van der Waals surface area contributed by atoms with E-state index >= 15 is 0 Å². The summed E-state index contributed by atoms with van der Waals surface area (Å²) in [5.41, 5.74) is 2.39. The largest absolute Gasteiger partial charge is 0.455 e. The van der Waals surface area contributed by atoms with Crippen LogP contribution < -0.4 is 15.4 Å². The number of amides is 2. The number of nitrogens with one attached hydrogen (secondary N) is 3. The molecule has 4 aromatic rings. The Morgan fingerprint density at radius 3 is 2.73 bits per heavy atom. The number of hydrogen-bond acceptors (Lipinski definition) is 7. The second-order valence-corrected chi connectivity index (χ2v) is 11.2. The number of urea groups is 1. The Balaban J connectivity index is 1.20. The maximum absolute atomic E-state index is 14.0. The quantitative estimate of drug-likeness (QED) is 0.227. The lowest BCUT2D eigenvalue weighted by Gasteiger charge is -2.34. The molecule has 232 valence electrons. The summed E-state index contributed by atoms with van der Waals surface area (Å²) in [7, 11) is 0. The number of fused-ring (bicyclic) bond motifs is 2. The van der Waals surface area contributed by atoms with E-state index in [1.165, 1.54) is 12.1 Å². The molecule has 0 saturated carbocycles. The van der Waals surface area contributed by atoms with Gasteiger partial charge in [-0.15, -0.1) is 0 Å². The molecule has 4 N–H and O–H groups in total. The Morgan fingerprint density at radius 2 is 1.98 bits per heavy atom. The van der Waals surface area contributed by atoms with E-state index in [-0.39, 0.29) is 36.9 Å². The fraction of sp³-hybridized carbons (Fsp3) is 0.387. The number of carbonyl (C=O) groups excluding carboxylic acids is 1. The number of H-pyrrole nitrogens is 1. The number of piperazine rings is 1. The molecular formula is C31H34F3N7O3. The number of ether oxygens (including phenoxy) is 1. The van der Waals surface area contributed by atoms with Crippen LogP contribution in [0.25, 0.3) is 11.0 Å². The van der Waals surface area contributed by atoms with Crippen LogP contribution in [-0.2, 0) is 25.9 Å². The van der Waals surface area contributed by atoms with Gasteiger partial charge in [0.15, 0.2) is 0 Å². The van der Waals surface area contributed by atoms with E-state index < -0.39 is 17.8 Å². The van der Waals surface area contributed by atoms with E-state index in [0.717, 1.165) is 36.8 Å². The molecule has 44 heavy (non-hydrogen) atoms. The van der Waals surface area contributed by atoms with Gasteiger partial charge in [0.05, 0.1) is 29.4 Å². The lowest BCUT2D eigenvalue weighted by atomic mass is 9.92. The minimum Gasteiger partial charge on any atom is -0.455 e. The molecule has 1 aromatic carbocycles. The Labute approximate surface area is 252 Å². The molecule has 0 aliphatic carbocycles. The van der Waals surface area contributed by atoms with E-state index in [9.17, 15) is 23.1 Å². The molecule has 0 spiro atoms. The van der Waals surface area contributed by atoms with Crippen molar-refractivity contribution in [3.05, 3.63) is 76.9 Å². The zero-order valence-corrected chi connectivity index (χ0v) is 24.2. The molecule has 0 unspecified atom stereocenters. The van der Waals surface area contributed by atoms with E-state index in [1.807, 2.05) is 17.9 Å². The van der Waals surface area contributed by atoms with Gasteiger partial charge >= 0.3 is 12.2 Å². The third-order valence-electron chi connectivity index (χ3n) is 8.16. The van der Waals surface area contributed by atoms with E-state index in [2.05, 4.69) is 25.6 Å². The van der Waals surface area contributed by atoms with Crippen LogP contribution in [0.4, 0.5) is 23.7 Å². The summed E-state index contributed by atoms with van der Waals surface area (Å²) in [6.45, 7) is 5.48. The van der Waals surface area contributed by atoms with Crippen molar-refractivity contribution in [2.45, 2.75) is 45.1 Å². The fourth-order valence-corrected chi connectivity index (χ4v) is 5.88. The number of aliphatic hydroxyl groups is 1. The third kappa shape index (κ3) is 6.35.